The van der Waals surface area contributed by atoms with E-state index >= 15 is 0 Å². The zero-order valence-electron chi connectivity index (χ0n) is 19.4. The molecule has 2 heterocycles. The minimum atomic E-state index is -0.839. The summed E-state index contributed by atoms with van der Waals surface area (Å²) in [5.41, 5.74) is 3.44. The molecule has 0 radical (unpaired) electrons. The lowest BCUT2D eigenvalue weighted by atomic mass is 9.75. The predicted octanol–water partition coefficient (Wildman–Crippen LogP) is 4.04. The van der Waals surface area contributed by atoms with Crippen molar-refractivity contribution in [2.24, 2.45) is 0 Å². The van der Waals surface area contributed by atoms with Crippen molar-refractivity contribution in [3.63, 3.8) is 0 Å². The first kappa shape index (κ1) is 23.0. The van der Waals surface area contributed by atoms with Crippen molar-refractivity contribution in [1.29, 1.82) is 0 Å². The van der Waals surface area contributed by atoms with E-state index in [1.54, 1.807) is 19.1 Å². The highest BCUT2D eigenvalue weighted by Gasteiger charge is 2.40. The number of Topliss-reactive ketones (excluding diaryl/α,β-unsaturated/α-hetero) is 1. The fourth-order valence-electron chi connectivity index (χ4n) is 4.52. The highest BCUT2D eigenvalue weighted by molar-refractivity contribution is 6.04. The van der Waals surface area contributed by atoms with Gasteiger partial charge in [-0.15, -0.1) is 0 Å². The Hall–Kier alpha value is -3.19. The molecule has 33 heavy (non-hydrogen) atoms. The number of allylic oxidation sites excluding steroid dienone is 3. The number of hydrogen-bond acceptors (Lipinski definition) is 7. The summed E-state index contributed by atoms with van der Waals surface area (Å²) < 4.78 is 16.7. The zero-order valence-corrected chi connectivity index (χ0v) is 19.4. The van der Waals surface area contributed by atoms with Crippen LogP contribution in [0.2, 0.25) is 0 Å². The Balaban J connectivity index is 1.80. The van der Waals surface area contributed by atoms with Crippen LogP contribution in [0, 0.1) is 6.92 Å². The molecule has 1 aliphatic carbocycles. The molecule has 0 bridgehead atoms. The van der Waals surface area contributed by atoms with Gasteiger partial charge in [-0.25, -0.2) is 4.79 Å². The minimum absolute atomic E-state index is 0.0204. The number of aryl methyl sites for hydroxylation is 1. The molecular weight excluding hydrogens is 422 g/mol. The van der Waals surface area contributed by atoms with Crippen LogP contribution in [0.25, 0.3) is 11.0 Å². The van der Waals surface area contributed by atoms with E-state index in [0.717, 1.165) is 17.7 Å². The van der Waals surface area contributed by atoms with Gasteiger partial charge in [0.2, 0.25) is 0 Å². The monoisotopic (exact) mass is 451 g/mol. The van der Waals surface area contributed by atoms with Crippen LogP contribution in [-0.2, 0) is 19.1 Å². The Morgan fingerprint density at radius 3 is 2.73 bits per heavy atom. The Morgan fingerprint density at radius 2 is 1.97 bits per heavy atom. The van der Waals surface area contributed by atoms with Crippen LogP contribution in [0.3, 0.4) is 0 Å². The number of hydrogen-bond donors (Lipinski definition) is 1. The van der Waals surface area contributed by atoms with Gasteiger partial charge in [-0.1, -0.05) is 11.6 Å². The van der Waals surface area contributed by atoms with Crippen LogP contribution in [-0.4, -0.2) is 31.1 Å². The van der Waals surface area contributed by atoms with Gasteiger partial charge in [0, 0.05) is 29.0 Å². The van der Waals surface area contributed by atoms with E-state index in [-0.39, 0.29) is 41.7 Å². The average Bonchev–Trinajstić information content (AvgIpc) is 2.76. The minimum Gasteiger partial charge on any atom is -0.464 e. The van der Waals surface area contributed by atoms with E-state index in [2.05, 4.69) is 5.32 Å². The lowest BCUT2D eigenvalue weighted by Gasteiger charge is -2.33. The molecule has 2 aromatic rings. The Bertz CT molecular complexity index is 1230. The van der Waals surface area contributed by atoms with Gasteiger partial charge in [0.05, 0.1) is 35.9 Å². The number of rotatable bonds is 6. The molecule has 1 aromatic carbocycles. The first-order valence-corrected chi connectivity index (χ1v) is 11.3. The summed E-state index contributed by atoms with van der Waals surface area (Å²) in [4.78, 5) is 39.8. The number of ether oxygens (including phenoxy) is 2. The second-order valence-electron chi connectivity index (χ2n) is 8.84. The molecule has 4 rings (SSSR count). The van der Waals surface area contributed by atoms with Crippen LogP contribution in [0.1, 0.15) is 57.1 Å². The van der Waals surface area contributed by atoms with Crippen molar-refractivity contribution >= 4 is 22.7 Å². The van der Waals surface area contributed by atoms with E-state index in [4.69, 9.17) is 13.9 Å². The Labute approximate surface area is 192 Å². The highest BCUT2D eigenvalue weighted by atomic mass is 16.6. The van der Waals surface area contributed by atoms with E-state index in [9.17, 15) is 14.4 Å². The molecule has 1 atom stereocenters. The van der Waals surface area contributed by atoms with E-state index in [1.807, 2.05) is 26.8 Å². The fourth-order valence-corrected chi connectivity index (χ4v) is 4.52. The summed E-state index contributed by atoms with van der Waals surface area (Å²) in [5.74, 6) is -1.49. The molecule has 174 valence electrons. The molecule has 1 aliphatic heterocycles. The van der Waals surface area contributed by atoms with Crippen molar-refractivity contribution in [3.05, 3.63) is 68.4 Å². The summed E-state index contributed by atoms with van der Waals surface area (Å²) in [7, 11) is 0. The normalized spacial score (nSPS) is 18.6. The van der Waals surface area contributed by atoms with E-state index < -0.39 is 11.9 Å². The van der Waals surface area contributed by atoms with E-state index in [0.29, 0.717) is 35.1 Å². The number of benzene rings is 1. The van der Waals surface area contributed by atoms with Gasteiger partial charge >= 0.3 is 5.97 Å². The van der Waals surface area contributed by atoms with Crippen LogP contribution in [0.4, 0.5) is 0 Å². The largest absolute Gasteiger partial charge is 0.464 e. The molecule has 0 amide bonds. The van der Waals surface area contributed by atoms with Crippen molar-refractivity contribution in [2.75, 3.05) is 13.2 Å². The molecule has 2 aliphatic rings. The lowest BCUT2D eigenvalue weighted by Crippen LogP contribution is -2.36. The van der Waals surface area contributed by atoms with Gasteiger partial charge in [0.25, 0.3) is 0 Å². The lowest BCUT2D eigenvalue weighted by molar-refractivity contribution is -0.141. The molecule has 0 fully saturated rings. The number of fused-ring (bicyclic) bond motifs is 1. The van der Waals surface area contributed by atoms with Crippen LogP contribution in [0.5, 0.6) is 0 Å². The Morgan fingerprint density at radius 1 is 1.18 bits per heavy atom. The number of dihydropyridines is 1. The van der Waals surface area contributed by atoms with Crippen LogP contribution >= 0.6 is 0 Å². The van der Waals surface area contributed by atoms with Crippen LogP contribution < -0.4 is 10.7 Å². The van der Waals surface area contributed by atoms with Gasteiger partial charge in [0.15, 0.2) is 11.2 Å². The Kier molecular flexibility index (Phi) is 6.51. The van der Waals surface area contributed by atoms with Crippen molar-refractivity contribution in [1.82, 2.24) is 5.32 Å². The number of nitrogens with one attached hydrogen (secondary N) is 1. The molecule has 7 nitrogen and oxygen atoms in total. The quantitative estimate of drug-likeness (QED) is 0.523. The van der Waals surface area contributed by atoms with Gasteiger partial charge in [-0.2, -0.15) is 0 Å². The second-order valence-corrected chi connectivity index (χ2v) is 8.84. The van der Waals surface area contributed by atoms with E-state index in [1.165, 1.54) is 6.26 Å². The standard InChI is InChI=1S/C26H29NO6/c1-14(2)31-10-11-32-26(30)22-16(4)27-19-6-5-7-20(28)24(19)23(22)18-13-33-21-9-8-15(3)12-17(21)25(18)29/h8-9,12-14,23,27H,5-7,10-11H2,1-4H3. The maximum absolute atomic E-state index is 13.6. The third-order valence-electron chi connectivity index (χ3n) is 6.03. The summed E-state index contributed by atoms with van der Waals surface area (Å²) in [6, 6.07) is 5.38. The molecule has 1 N–H and O–H groups in total. The maximum atomic E-state index is 13.6. The zero-order chi connectivity index (χ0) is 23.7. The number of esters is 1. The van der Waals surface area contributed by atoms with Gasteiger partial charge < -0.3 is 19.2 Å². The molecule has 1 aromatic heterocycles. The van der Waals surface area contributed by atoms with Crippen LogP contribution in [0.15, 0.2) is 56.2 Å². The average molecular weight is 452 g/mol. The maximum Gasteiger partial charge on any atom is 0.336 e. The smallest absolute Gasteiger partial charge is 0.336 e. The van der Waals surface area contributed by atoms with Crippen molar-refractivity contribution < 1.29 is 23.5 Å². The third kappa shape index (κ3) is 4.50. The first-order chi connectivity index (χ1) is 15.8. The van der Waals surface area contributed by atoms with Crippen molar-refractivity contribution in [3.8, 4) is 0 Å². The SMILES string of the molecule is CC1=C(C(=O)OCCOC(C)C)C(c2coc3ccc(C)cc3c2=O)C2=C(CCCC2=O)N1. The van der Waals surface area contributed by atoms with Gasteiger partial charge in [-0.05, 0) is 52.7 Å². The molecule has 7 heteroatoms. The topological polar surface area (TPSA) is 94.8 Å². The highest BCUT2D eigenvalue weighted by Crippen LogP contribution is 2.41. The number of carbonyl (C=O) groups excluding carboxylic acids is 2. The summed E-state index contributed by atoms with van der Waals surface area (Å²) in [6.45, 7) is 7.80. The summed E-state index contributed by atoms with van der Waals surface area (Å²) >= 11 is 0. The number of ketones is 1. The molecule has 0 saturated carbocycles. The van der Waals surface area contributed by atoms with Crippen molar-refractivity contribution in [2.45, 2.75) is 59.0 Å². The van der Waals surface area contributed by atoms with Gasteiger partial charge in [0.1, 0.15) is 12.2 Å². The fraction of sp³-hybridized carbons (Fsp3) is 0.423. The first-order valence-electron chi connectivity index (χ1n) is 11.3. The summed E-state index contributed by atoms with van der Waals surface area (Å²) in [5, 5.41) is 3.65. The predicted molar refractivity (Wildman–Crippen MR) is 124 cm³/mol. The molecule has 0 spiro atoms. The molecular formula is C26H29NO6. The third-order valence-corrected chi connectivity index (χ3v) is 6.03. The van der Waals surface area contributed by atoms with Gasteiger partial charge in [-0.3, -0.25) is 9.59 Å². The summed E-state index contributed by atoms with van der Waals surface area (Å²) in [6.07, 6.45) is 3.18. The second kappa shape index (κ2) is 9.35. The molecule has 0 saturated heterocycles. The molecule has 1 unspecified atom stereocenters. The number of carbonyl (C=O) groups is 2.